The smallest absolute Gasteiger partial charge is 0.405 e. The number of carbonyl (C=O) groups is 4. The van der Waals surface area contributed by atoms with E-state index in [1.54, 1.807) is 35.1 Å². The molecule has 0 aliphatic heterocycles. The van der Waals surface area contributed by atoms with Crippen molar-refractivity contribution in [3.8, 4) is 0 Å². The van der Waals surface area contributed by atoms with Crippen molar-refractivity contribution < 1.29 is 24.3 Å². The summed E-state index contributed by atoms with van der Waals surface area (Å²) in [6, 6.07) is 5.99. The molecular weight excluding hydrogens is 490 g/mol. The van der Waals surface area contributed by atoms with Gasteiger partial charge in [-0.15, -0.1) is 0 Å². The van der Waals surface area contributed by atoms with Crippen LogP contribution in [-0.4, -0.2) is 57.5 Å². The van der Waals surface area contributed by atoms with Gasteiger partial charge in [-0.05, 0) is 17.9 Å². The molecular formula is C23H37N5O5S2. The lowest BCUT2D eigenvalue weighted by atomic mass is 10.0. The highest BCUT2D eigenvalue weighted by atomic mass is 33.1. The number of rotatable bonds is 13. The summed E-state index contributed by atoms with van der Waals surface area (Å²) in [5, 5.41) is 16.8. The molecule has 4 amide bonds. The number of nitrogens with two attached hydrogens (primary N) is 1. The van der Waals surface area contributed by atoms with Gasteiger partial charge in [0.15, 0.2) is 0 Å². The summed E-state index contributed by atoms with van der Waals surface area (Å²) in [4.78, 5) is 49.7. The maximum absolute atomic E-state index is 13.1. The van der Waals surface area contributed by atoms with E-state index in [0.29, 0.717) is 6.42 Å². The summed E-state index contributed by atoms with van der Waals surface area (Å²) in [6.07, 6.45) is -0.934. The molecule has 0 bridgehead atoms. The zero-order valence-corrected chi connectivity index (χ0v) is 22.4. The first kappa shape index (κ1) is 30.6. The Morgan fingerprint density at radius 3 is 2.00 bits per heavy atom. The third-order valence-electron chi connectivity index (χ3n) is 4.56. The molecule has 7 N–H and O–H groups in total. The van der Waals surface area contributed by atoms with Gasteiger partial charge in [0.05, 0.1) is 0 Å². The summed E-state index contributed by atoms with van der Waals surface area (Å²) >= 11 is 0. The van der Waals surface area contributed by atoms with Gasteiger partial charge < -0.3 is 21.1 Å². The first-order valence-corrected chi connectivity index (χ1v) is 13.6. The second-order valence-electron chi connectivity index (χ2n) is 9.43. The molecule has 1 aromatic rings. The highest BCUT2D eigenvalue weighted by Gasteiger charge is 2.30. The number of nitrogens with one attached hydrogen (secondary N) is 4. The van der Waals surface area contributed by atoms with Gasteiger partial charge in [-0.3, -0.25) is 19.8 Å². The van der Waals surface area contributed by atoms with Crippen LogP contribution in [0.5, 0.6) is 0 Å². The molecule has 1 rings (SSSR count). The fourth-order valence-electron chi connectivity index (χ4n) is 3.02. The van der Waals surface area contributed by atoms with E-state index >= 15 is 0 Å². The molecule has 0 fully saturated rings. The Labute approximate surface area is 214 Å². The van der Waals surface area contributed by atoms with Crippen LogP contribution in [0.4, 0.5) is 4.79 Å². The van der Waals surface area contributed by atoms with Gasteiger partial charge in [0.25, 0.3) is 5.91 Å². The van der Waals surface area contributed by atoms with Crippen LogP contribution < -0.4 is 27.2 Å². The molecule has 0 aromatic heterocycles. The predicted molar refractivity (Wildman–Crippen MR) is 141 cm³/mol. The number of hydrogen-bond donors (Lipinski definition) is 6. The monoisotopic (exact) mass is 527 g/mol. The number of carbonyl (C=O) groups excluding carboxylic acids is 3. The van der Waals surface area contributed by atoms with Crippen LogP contribution in [0, 0.1) is 5.92 Å². The second-order valence-corrected chi connectivity index (χ2v) is 12.6. The van der Waals surface area contributed by atoms with Gasteiger partial charge >= 0.3 is 6.09 Å². The maximum atomic E-state index is 13.1. The summed E-state index contributed by atoms with van der Waals surface area (Å²) < 4.78 is -0.0442. The molecule has 0 aliphatic rings. The second kappa shape index (κ2) is 14.8. The van der Waals surface area contributed by atoms with E-state index < -0.39 is 41.9 Å². The first-order valence-electron chi connectivity index (χ1n) is 11.3. The SMILES string of the molecule is CC(C)C[C@H](NC(=O)[C@H](Cc1ccccc1)NC(=O)O)C(=O)N[C@@H](CSSC(C)(C)C)C(=O)NN. The van der Waals surface area contributed by atoms with Gasteiger partial charge in [0, 0.05) is 16.9 Å². The zero-order valence-electron chi connectivity index (χ0n) is 20.8. The van der Waals surface area contributed by atoms with Crippen LogP contribution in [-0.2, 0) is 20.8 Å². The molecule has 35 heavy (non-hydrogen) atoms. The molecule has 10 nitrogen and oxygen atoms in total. The molecule has 196 valence electrons. The van der Waals surface area contributed by atoms with Gasteiger partial charge in [0.2, 0.25) is 11.8 Å². The van der Waals surface area contributed by atoms with E-state index in [1.807, 2.05) is 40.7 Å². The molecule has 0 saturated carbocycles. The lowest BCUT2D eigenvalue weighted by Crippen LogP contribution is -2.58. The quantitative estimate of drug-likeness (QED) is 0.0982. The summed E-state index contributed by atoms with van der Waals surface area (Å²) in [6.45, 7) is 9.89. The molecule has 1 aromatic carbocycles. The Hall–Kier alpha value is -2.44. The molecule has 0 heterocycles. The summed E-state index contributed by atoms with van der Waals surface area (Å²) in [7, 11) is 3.00. The molecule has 0 radical (unpaired) electrons. The van der Waals surface area contributed by atoms with Crippen molar-refractivity contribution in [2.75, 3.05) is 5.75 Å². The first-order chi connectivity index (χ1) is 16.3. The number of carboxylic acid groups (broad SMARTS) is 1. The van der Waals surface area contributed by atoms with Crippen molar-refractivity contribution in [3.05, 3.63) is 35.9 Å². The van der Waals surface area contributed by atoms with Crippen molar-refractivity contribution in [2.45, 2.75) is 70.3 Å². The fourth-order valence-corrected chi connectivity index (χ4v) is 5.48. The maximum Gasteiger partial charge on any atom is 0.405 e. The third-order valence-corrected chi connectivity index (χ3v) is 7.90. The minimum Gasteiger partial charge on any atom is -0.465 e. The number of hydrazine groups is 1. The molecule has 0 saturated heterocycles. The lowest BCUT2D eigenvalue weighted by molar-refractivity contribution is -0.132. The zero-order chi connectivity index (χ0) is 26.6. The van der Waals surface area contributed by atoms with Crippen LogP contribution in [0.1, 0.15) is 46.6 Å². The van der Waals surface area contributed by atoms with E-state index in [2.05, 4.69) is 21.4 Å². The Bertz CT molecular complexity index is 848. The third kappa shape index (κ3) is 12.7. The number of amides is 4. The van der Waals surface area contributed by atoms with Crippen molar-refractivity contribution in [1.82, 2.24) is 21.4 Å². The number of benzene rings is 1. The average Bonchev–Trinajstić information content (AvgIpc) is 2.76. The molecule has 0 aliphatic carbocycles. The van der Waals surface area contributed by atoms with E-state index in [1.165, 1.54) is 10.8 Å². The van der Waals surface area contributed by atoms with Gasteiger partial charge in [0.1, 0.15) is 18.1 Å². The topological polar surface area (TPSA) is 163 Å². The molecule has 3 atom stereocenters. The minimum absolute atomic E-state index is 0.0404. The van der Waals surface area contributed by atoms with Crippen molar-refractivity contribution >= 4 is 45.4 Å². The summed E-state index contributed by atoms with van der Waals surface area (Å²) in [5.41, 5.74) is 2.83. The van der Waals surface area contributed by atoms with Crippen LogP contribution in [0.15, 0.2) is 30.3 Å². The van der Waals surface area contributed by atoms with Crippen molar-refractivity contribution in [2.24, 2.45) is 11.8 Å². The Morgan fingerprint density at radius 2 is 1.49 bits per heavy atom. The van der Waals surface area contributed by atoms with Crippen molar-refractivity contribution in [3.63, 3.8) is 0 Å². The molecule has 0 spiro atoms. The van der Waals surface area contributed by atoms with E-state index in [0.717, 1.165) is 5.56 Å². The minimum atomic E-state index is -1.35. The summed E-state index contributed by atoms with van der Waals surface area (Å²) in [5.74, 6) is 3.89. The fraction of sp³-hybridized carbons (Fsp3) is 0.565. The standard InChI is InChI=1S/C23H37N5O5S2/c1-14(2)11-16(19(29)26-18(21(31)28-24)13-34-35-23(3,4)5)25-20(30)17(27-22(32)33)12-15-9-7-6-8-10-15/h6-10,14,16-18,27H,11-13,24H2,1-5H3,(H,25,30)(H,26,29)(H,28,31)(H,32,33)/t16-,17-,18-/m0/s1. The van der Waals surface area contributed by atoms with E-state index in [4.69, 9.17) is 5.84 Å². The number of hydrogen-bond acceptors (Lipinski definition) is 7. The van der Waals surface area contributed by atoms with E-state index in [9.17, 15) is 24.3 Å². The highest BCUT2D eigenvalue weighted by molar-refractivity contribution is 8.77. The van der Waals surface area contributed by atoms with Crippen LogP contribution in [0.3, 0.4) is 0 Å². The van der Waals surface area contributed by atoms with Crippen LogP contribution in [0.2, 0.25) is 0 Å². The Morgan fingerprint density at radius 1 is 0.914 bits per heavy atom. The van der Waals surface area contributed by atoms with Crippen LogP contribution >= 0.6 is 21.6 Å². The van der Waals surface area contributed by atoms with Gasteiger partial charge in [-0.1, -0.05) is 86.5 Å². The average molecular weight is 528 g/mol. The molecule has 0 unspecified atom stereocenters. The Balaban J connectivity index is 2.97. The molecule has 12 heteroatoms. The lowest BCUT2D eigenvalue weighted by Gasteiger charge is -2.26. The predicted octanol–water partition coefficient (Wildman–Crippen LogP) is 2.05. The highest BCUT2D eigenvalue weighted by Crippen LogP contribution is 2.35. The van der Waals surface area contributed by atoms with E-state index in [-0.39, 0.29) is 22.8 Å². The van der Waals surface area contributed by atoms with Crippen LogP contribution in [0.25, 0.3) is 0 Å². The normalized spacial score (nSPS) is 13.9. The van der Waals surface area contributed by atoms with Gasteiger partial charge in [-0.25, -0.2) is 10.6 Å². The van der Waals surface area contributed by atoms with Gasteiger partial charge in [-0.2, -0.15) is 0 Å². The Kier molecular flexibility index (Phi) is 13.0. The van der Waals surface area contributed by atoms with Crippen molar-refractivity contribution in [1.29, 1.82) is 0 Å². The largest absolute Gasteiger partial charge is 0.465 e.